The van der Waals surface area contributed by atoms with Gasteiger partial charge in [0.1, 0.15) is 5.82 Å². The zero-order valence-electron chi connectivity index (χ0n) is 14.0. The number of halogens is 3. The third-order valence-corrected chi connectivity index (χ3v) is 4.15. The number of amides is 1. The Morgan fingerprint density at radius 3 is 2.84 bits per heavy atom. The van der Waals surface area contributed by atoms with Crippen LogP contribution in [0.4, 0.5) is 13.2 Å². The number of ether oxygens (including phenoxy) is 1. The zero-order valence-corrected chi connectivity index (χ0v) is 14.0. The Balaban J connectivity index is 1.80. The fourth-order valence-electron chi connectivity index (χ4n) is 2.74. The van der Waals surface area contributed by atoms with E-state index in [1.54, 1.807) is 0 Å². The smallest absolute Gasteiger partial charge is 0.377 e. The molecule has 0 radical (unpaired) electrons. The number of aryl methyl sites for hydroxylation is 1. The number of alkyl halides is 3. The molecule has 1 aliphatic rings. The molecule has 0 saturated carbocycles. The number of rotatable bonds is 8. The van der Waals surface area contributed by atoms with Crippen LogP contribution < -0.4 is 10.6 Å². The van der Waals surface area contributed by atoms with Gasteiger partial charge in [-0.1, -0.05) is 0 Å². The molecule has 142 valence electrons. The average molecular weight is 364 g/mol. The maximum Gasteiger partial charge on any atom is 0.424 e. The van der Waals surface area contributed by atoms with Crippen molar-refractivity contribution in [1.82, 2.24) is 20.2 Å². The summed E-state index contributed by atoms with van der Waals surface area (Å²) in [6.45, 7) is 0.880. The summed E-state index contributed by atoms with van der Waals surface area (Å²) in [6.07, 6.45) is -1.14. The van der Waals surface area contributed by atoms with Crippen molar-refractivity contribution >= 4 is 5.91 Å². The summed E-state index contributed by atoms with van der Waals surface area (Å²) in [7, 11) is 1.37. The number of carbonyl (C=O) groups is 1. The van der Waals surface area contributed by atoms with Gasteiger partial charge in [0.2, 0.25) is 11.5 Å². The van der Waals surface area contributed by atoms with Gasteiger partial charge in [-0.2, -0.15) is 13.2 Å². The van der Waals surface area contributed by atoms with E-state index in [0.29, 0.717) is 13.2 Å². The van der Waals surface area contributed by atoms with Gasteiger partial charge in [-0.05, 0) is 12.8 Å². The zero-order chi connectivity index (χ0) is 18.5. The Labute approximate surface area is 143 Å². The molecule has 2 atom stereocenters. The lowest BCUT2D eigenvalue weighted by Crippen LogP contribution is -2.47. The Kier molecular flexibility index (Phi) is 6.42. The van der Waals surface area contributed by atoms with Crippen molar-refractivity contribution in [3.05, 3.63) is 18.2 Å². The Bertz CT molecular complexity index is 573. The highest BCUT2D eigenvalue weighted by Crippen LogP contribution is 2.40. The molecule has 10 heteroatoms. The first kappa shape index (κ1) is 19.7. The molecule has 0 aliphatic carbocycles. The fraction of sp³-hybridized carbons (Fsp3) is 0.733. The van der Waals surface area contributed by atoms with Crippen molar-refractivity contribution in [3.8, 4) is 0 Å². The van der Waals surface area contributed by atoms with Crippen LogP contribution in [-0.2, 0) is 22.2 Å². The highest BCUT2D eigenvalue weighted by molar-refractivity contribution is 5.77. The topological polar surface area (TPSA) is 88.4 Å². The van der Waals surface area contributed by atoms with E-state index in [1.165, 1.54) is 19.4 Å². The van der Waals surface area contributed by atoms with Crippen LogP contribution in [0.3, 0.4) is 0 Å². The third-order valence-electron chi connectivity index (χ3n) is 4.15. The summed E-state index contributed by atoms with van der Waals surface area (Å²) >= 11 is 0. The molecule has 1 saturated heterocycles. The number of aliphatic hydroxyl groups is 1. The summed E-state index contributed by atoms with van der Waals surface area (Å²) < 4.78 is 46.4. The maximum atomic E-state index is 13.3. The van der Waals surface area contributed by atoms with Crippen molar-refractivity contribution < 1.29 is 27.8 Å². The van der Waals surface area contributed by atoms with E-state index in [1.807, 2.05) is 0 Å². The Morgan fingerprint density at radius 1 is 1.52 bits per heavy atom. The van der Waals surface area contributed by atoms with Crippen molar-refractivity contribution in [1.29, 1.82) is 0 Å². The summed E-state index contributed by atoms with van der Waals surface area (Å²) in [5, 5.41) is 15.4. The Morgan fingerprint density at radius 2 is 2.28 bits per heavy atom. The lowest BCUT2D eigenvalue weighted by atomic mass is 9.97. The first-order chi connectivity index (χ1) is 11.7. The molecule has 3 N–H and O–H groups in total. The van der Waals surface area contributed by atoms with Gasteiger partial charge < -0.3 is 25.0 Å². The molecule has 1 aliphatic heterocycles. The van der Waals surface area contributed by atoms with Gasteiger partial charge in [-0.3, -0.25) is 4.79 Å². The van der Waals surface area contributed by atoms with Crippen LogP contribution in [-0.4, -0.2) is 59.1 Å². The van der Waals surface area contributed by atoms with Gasteiger partial charge in [-0.15, -0.1) is 0 Å². The monoisotopic (exact) mass is 364 g/mol. The largest absolute Gasteiger partial charge is 0.424 e. The van der Waals surface area contributed by atoms with Gasteiger partial charge >= 0.3 is 6.18 Å². The predicted molar refractivity (Wildman–Crippen MR) is 82.6 cm³/mol. The molecule has 0 bridgehead atoms. The highest BCUT2D eigenvalue weighted by Gasteiger charge is 2.57. The van der Waals surface area contributed by atoms with Gasteiger partial charge in [-0.25, -0.2) is 4.98 Å². The normalized spacial score (nSPS) is 20.4. The van der Waals surface area contributed by atoms with E-state index in [2.05, 4.69) is 15.6 Å². The van der Waals surface area contributed by atoms with E-state index in [9.17, 15) is 23.1 Å². The molecule has 1 amide bonds. The molecule has 1 fully saturated rings. The minimum absolute atomic E-state index is 0.0211. The molecule has 2 heterocycles. The summed E-state index contributed by atoms with van der Waals surface area (Å²) in [4.78, 5) is 15.3. The number of imidazole rings is 1. The van der Waals surface area contributed by atoms with Crippen molar-refractivity contribution in [2.45, 2.75) is 37.1 Å². The standard InChI is InChI=1S/C15H23F3N4O3/c1-22-7-6-21-13(22)14(24,15(16,17)18)4-5-20-12(23)10-19-9-11-3-2-8-25-11/h6-7,11,19,24H,2-5,8-10H2,1H3,(H,20,23)/t11-,14+/m1/s1. The molecule has 0 spiro atoms. The van der Waals surface area contributed by atoms with Gasteiger partial charge in [0.25, 0.3) is 0 Å². The first-order valence-electron chi connectivity index (χ1n) is 8.10. The van der Waals surface area contributed by atoms with E-state index >= 15 is 0 Å². The van der Waals surface area contributed by atoms with Crippen molar-refractivity contribution in [2.75, 3.05) is 26.2 Å². The summed E-state index contributed by atoms with van der Waals surface area (Å²) in [5.41, 5.74) is -3.12. The second-order valence-electron chi connectivity index (χ2n) is 6.09. The average Bonchev–Trinajstić information content (AvgIpc) is 3.17. The predicted octanol–water partition coefficient (Wildman–Crippen LogP) is 0.445. The van der Waals surface area contributed by atoms with Gasteiger partial charge in [0, 0.05) is 45.6 Å². The van der Waals surface area contributed by atoms with Gasteiger partial charge in [0.15, 0.2) is 0 Å². The molecular formula is C15H23F3N4O3. The molecular weight excluding hydrogens is 341 g/mol. The molecule has 1 aromatic rings. The summed E-state index contributed by atoms with van der Waals surface area (Å²) in [5.74, 6) is -0.951. The lowest BCUT2D eigenvalue weighted by molar-refractivity contribution is -0.272. The fourth-order valence-corrected chi connectivity index (χ4v) is 2.74. The molecule has 0 aromatic carbocycles. The number of hydrogen-bond acceptors (Lipinski definition) is 5. The number of nitrogens with zero attached hydrogens (tertiary/aromatic N) is 2. The number of nitrogens with one attached hydrogen (secondary N) is 2. The van der Waals surface area contributed by atoms with E-state index in [4.69, 9.17) is 4.74 Å². The van der Waals surface area contributed by atoms with Crippen LogP contribution in [0, 0.1) is 0 Å². The van der Waals surface area contributed by atoms with Crippen LogP contribution in [0.2, 0.25) is 0 Å². The maximum absolute atomic E-state index is 13.3. The summed E-state index contributed by atoms with van der Waals surface area (Å²) in [6, 6.07) is 0. The van der Waals surface area contributed by atoms with Crippen molar-refractivity contribution in [3.63, 3.8) is 0 Å². The van der Waals surface area contributed by atoms with Crippen LogP contribution in [0.15, 0.2) is 12.4 Å². The number of hydrogen-bond donors (Lipinski definition) is 3. The lowest BCUT2D eigenvalue weighted by Gasteiger charge is -2.30. The second-order valence-corrected chi connectivity index (χ2v) is 6.09. The van der Waals surface area contributed by atoms with Gasteiger partial charge in [0.05, 0.1) is 12.6 Å². The Hall–Kier alpha value is -1.65. The third kappa shape index (κ3) is 4.93. The number of carbonyl (C=O) groups excluding carboxylic acids is 1. The van der Waals surface area contributed by atoms with E-state index in [-0.39, 0.29) is 19.2 Å². The first-order valence-corrected chi connectivity index (χ1v) is 8.10. The molecule has 25 heavy (non-hydrogen) atoms. The van der Waals surface area contributed by atoms with E-state index < -0.39 is 29.9 Å². The molecule has 1 aromatic heterocycles. The quantitative estimate of drug-likeness (QED) is 0.623. The van der Waals surface area contributed by atoms with Crippen LogP contribution in [0.1, 0.15) is 25.1 Å². The van der Waals surface area contributed by atoms with Crippen LogP contribution in [0.25, 0.3) is 0 Å². The molecule has 2 rings (SSSR count). The SMILES string of the molecule is Cn1ccnc1[C@@](O)(CCNC(=O)CNC[C@H]1CCCO1)C(F)(F)F. The van der Waals surface area contributed by atoms with Crippen LogP contribution >= 0.6 is 0 Å². The minimum atomic E-state index is -4.91. The second kappa shape index (κ2) is 8.15. The molecule has 7 nitrogen and oxygen atoms in total. The number of aromatic nitrogens is 2. The highest BCUT2D eigenvalue weighted by atomic mass is 19.4. The molecule has 0 unspecified atom stereocenters. The minimum Gasteiger partial charge on any atom is -0.377 e. The van der Waals surface area contributed by atoms with Crippen molar-refractivity contribution in [2.24, 2.45) is 7.05 Å². The van der Waals surface area contributed by atoms with E-state index in [0.717, 1.165) is 17.4 Å². The van der Waals surface area contributed by atoms with Crippen LogP contribution in [0.5, 0.6) is 0 Å².